The van der Waals surface area contributed by atoms with Gasteiger partial charge in [-0.3, -0.25) is 9.78 Å². The lowest BCUT2D eigenvalue weighted by molar-refractivity contribution is -0.129. The van der Waals surface area contributed by atoms with Crippen LogP contribution in [0.25, 0.3) is 0 Å². The Balaban J connectivity index is 2.18. The molecule has 98 valence electrons. The number of nitrogens with zero attached hydrogens (tertiary/aromatic N) is 2. The number of amides is 1. The van der Waals surface area contributed by atoms with E-state index in [1.165, 1.54) is 0 Å². The monoisotopic (exact) mass is 288 g/mol. The van der Waals surface area contributed by atoms with Crippen molar-refractivity contribution in [3.05, 3.63) is 30.1 Å². The lowest BCUT2D eigenvalue weighted by Crippen LogP contribution is -2.30. The second-order valence-electron chi connectivity index (χ2n) is 4.30. The van der Waals surface area contributed by atoms with Gasteiger partial charge < -0.3 is 4.90 Å². The van der Waals surface area contributed by atoms with Gasteiger partial charge in [-0.15, -0.1) is 0 Å². The first-order chi connectivity index (χ1) is 8.39. The average molecular weight is 289 g/mol. The number of carbonyl (C=O) groups is 1. The second-order valence-corrected chi connectivity index (χ2v) is 7.21. The number of rotatable bonds is 3. The summed E-state index contributed by atoms with van der Waals surface area (Å²) in [5.41, 5.74) is 0.922. The molecule has 1 saturated heterocycles. The van der Waals surface area contributed by atoms with E-state index in [0.29, 0.717) is 0 Å². The summed E-state index contributed by atoms with van der Waals surface area (Å²) in [4.78, 5) is 17.3. The first-order valence-electron chi connectivity index (χ1n) is 5.52. The predicted octanol–water partition coefficient (Wildman–Crippen LogP) is 1.31. The van der Waals surface area contributed by atoms with Crippen LogP contribution in [0.1, 0.15) is 24.9 Å². The van der Waals surface area contributed by atoms with E-state index < -0.39 is 14.3 Å². The Kier molecular flexibility index (Phi) is 3.59. The summed E-state index contributed by atoms with van der Waals surface area (Å²) in [7, 11) is 1.62. The van der Waals surface area contributed by atoms with Crippen LogP contribution in [0.5, 0.6) is 0 Å². The predicted molar refractivity (Wildman–Crippen MR) is 67.5 cm³/mol. The van der Waals surface area contributed by atoms with E-state index >= 15 is 0 Å². The molecule has 2 atom stereocenters. The largest absolute Gasteiger partial charge is 0.335 e. The van der Waals surface area contributed by atoms with Crippen LogP contribution < -0.4 is 0 Å². The fraction of sp³-hybridized carbons (Fsp3) is 0.455. The molecular formula is C11H13ClN2O3S. The van der Waals surface area contributed by atoms with E-state index in [1.807, 2.05) is 6.92 Å². The standard InChI is InChI=1S/C11H13ClN2O3S/c1-8(9-2-4-13-5-3-9)14-7-10(6-11(14)15)18(12,16)17/h2-5,8,10H,6-7H2,1H3. The molecule has 0 aliphatic carbocycles. The van der Waals surface area contributed by atoms with Gasteiger partial charge in [0.1, 0.15) is 5.25 Å². The van der Waals surface area contributed by atoms with Crippen molar-refractivity contribution in [3.8, 4) is 0 Å². The lowest BCUT2D eigenvalue weighted by Gasteiger charge is -2.24. The van der Waals surface area contributed by atoms with Crippen LogP contribution in [-0.4, -0.2) is 36.0 Å². The quantitative estimate of drug-likeness (QED) is 0.787. The SMILES string of the molecule is CC(c1ccncc1)N1CC(S(=O)(=O)Cl)CC1=O. The highest BCUT2D eigenvalue weighted by atomic mass is 35.7. The van der Waals surface area contributed by atoms with E-state index in [0.717, 1.165) is 5.56 Å². The minimum absolute atomic E-state index is 0.0404. The van der Waals surface area contributed by atoms with Gasteiger partial charge in [0.25, 0.3) is 0 Å². The lowest BCUT2D eigenvalue weighted by atomic mass is 10.1. The smallest absolute Gasteiger partial charge is 0.237 e. The molecule has 18 heavy (non-hydrogen) atoms. The molecule has 7 heteroatoms. The summed E-state index contributed by atoms with van der Waals surface area (Å²) in [5, 5.41) is -0.809. The minimum atomic E-state index is -3.69. The van der Waals surface area contributed by atoms with Crippen LogP contribution >= 0.6 is 10.7 Å². The molecule has 2 unspecified atom stereocenters. The summed E-state index contributed by atoms with van der Waals surface area (Å²) >= 11 is 0. The zero-order valence-electron chi connectivity index (χ0n) is 9.78. The van der Waals surface area contributed by atoms with Crippen LogP contribution in [0, 0.1) is 0 Å². The number of halogens is 1. The van der Waals surface area contributed by atoms with E-state index in [2.05, 4.69) is 4.98 Å². The normalized spacial score (nSPS) is 22.2. The number of pyridine rings is 1. The van der Waals surface area contributed by atoms with Crippen molar-refractivity contribution in [2.45, 2.75) is 24.6 Å². The number of likely N-dealkylation sites (tertiary alicyclic amines) is 1. The van der Waals surface area contributed by atoms with Gasteiger partial charge >= 0.3 is 0 Å². The van der Waals surface area contributed by atoms with Gasteiger partial charge in [-0.1, -0.05) is 0 Å². The molecule has 1 aromatic rings. The summed E-state index contributed by atoms with van der Waals surface area (Å²) in [6, 6.07) is 3.44. The zero-order valence-corrected chi connectivity index (χ0v) is 11.4. The molecule has 1 amide bonds. The summed E-state index contributed by atoms with van der Waals surface area (Å²) in [6.07, 6.45) is 3.24. The zero-order chi connectivity index (χ0) is 13.3. The maximum atomic E-state index is 11.8. The highest BCUT2D eigenvalue weighted by Crippen LogP contribution is 2.29. The molecule has 0 aromatic carbocycles. The van der Waals surface area contributed by atoms with E-state index in [1.54, 1.807) is 29.4 Å². The second kappa shape index (κ2) is 4.85. The van der Waals surface area contributed by atoms with Crippen LogP contribution in [0.4, 0.5) is 0 Å². The molecule has 2 heterocycles. The van der Waals surface area contributed by atoms with E-state index in [-0.39, 0.29) is 24.9 Å². The van der Waals surface area contributed by atoms with Crippen molar-refractivity contribution >= 4 is 25.6 Å². The number of hydrogen-bond donors (Lipinski definition) is 0. The maximum absolute atomic E-state index is 11.8. The topological polar surface area (TPSA) is 67.3 Å². The van der Waals surface area contributed by atoms with Crippen molar-refractivity contribution in [3.63, 3.8) is 0 Å². The van der Waals surface area contributed by atoms with Crippen molar-refractivity contribution in [1.29, 1.82) is 0 Å². The van der Waals surface area contributed by atoms with Crippen molar-refractivity contribution in [2.75, 3.05) is 6.54 Å². The first kappa shape index (κ1) is 13.3. The third-order valence-corrected chi connectivity index (χ3v) is 5.05. The van der Waals surface area contributed by atoms with Crippen molar-refractivity contribution in [2.24, 2.45) is 0 Å². The Morgan fingerprint density at radius 3 is 2.56 bits per heavy atom. The number of hydrogen-bond acceptors (Lipinski definition) is 4. The Morgan fingerprint density at radius 2 is 2.06 bits per heavy atom. The van der Waals surface area contributed by atoms with E-state index in [4.69, 9.17) is 10.7 Å². The Hall–Kier alpha value is -1.14. The number of aromatic nitrogens is 1. The molecule has 0 spiro atoms. The van der Waals surface area contributed by atoms with Gasteiger partial charge in [0.15, 0.2) is 0 Å². The Morgan fingerprint density at radius 1 is 1.44 bits per heavy atom. The maximum Gasteiger partial charge on any atom is 0.237 e. The Labute approximate surface area is 110 Å². The van der Waals surface area contributed by atoms with Gasteiger partial charge in [0.2, 0.25) is 15.0 Å². The third-order valence-electron chi connectivity index (χ3n) is 3.18. The molecule has 2 rings (SSSR count). The molecular weight excluding hydrogens is 276 g/mol. The van der Waals surface area contributed by atoms with Crippen LogP contribution in [-0.2, 0) is 13.8 Å². The summed E-state index contributed by atoms with van der Waals surface area (Å²) in [5.74, 6) is -0.187. The molecule has 1 aliphatic rings. The minimum Gasteiger partial charge on any atom is -0.335 e. The third kappa shape index (κ3) is 2.64. The van der Waals surface area contributed by atoms with Crippen LogP contribution in [0.15, 0.2) is 24.5 Å². The molecule has 0 N–H and O–H groups in total. The van der Waals surface area contributed by atoms with E-state index in [9.17, 15) is 13.2 Å². The van der Waals surface area contributed by atoms with Crippen LogP contribution in [0.2, 0.25) is 0 Å². The summed E-state index contributed by atoms with van der Waals surface area (Å²) in [6.45, 7) is 2.00. The van der Waals surface area contributed by atoms with Gasteiger partial charge in [-0.05, 0) is 24.6 Å². The van der Waals surface area contributed by atoms with Crippen molar-refractivity contribution < 1.29 is 13.2 Å². The molecule has 5 nitrogen and oxygen atoms in total. The van der Waals surface area contributed by atoms with Crippen molar-refractivity contribution in [1.82, 2.24) is 9.88 Å². The molecule has 0 bridgehead atoms. The molecule has 0 radical (unpaired) electrons. The fourth-order valence-electron chi connectivity index (χ4n) is 2.08. The fourth-order valence-corrected chi connectivity index (χ4v) is 3.12. The van der Waals surface area contributed by atoms with Gasteiger partial charge in [-0.25, -0.2) is 8.42 Å². The van der Waals surface area contributed by atoms with Crippen LogP contribution in [0.3, 0.4) is 0 Å². The van der Waals surface area contributed by atoms with Gasteiger partial charge in [0.05, 0.1) is 6.04 Å². The highest BCUT2D eigenvalue weighted by Gasteiger charge is 2.39. The first-order valence-corrected chi connectivity index (χ1v) is 7.89. The molecule has 1 aromatic heterocycles. The molecule has 1 aliphatic heterocycles. The molecule has 0 saturated carbocycles. The highest BCUT2D eigenvalue weighted by molar-refractivity contribution is 8.14. The Bertz CT molecular complexity index is 547. The van der Waals surface area contributed by atoms with Gasteiger partial charge in [0, 0.05) is 36.0 Å². The average Bonchev–Trinajstić information content (AvgIpc) is 2.71. The number of carbonyl (C=O) groups excluding carboxylic acids is 1. The summed E-state index contributed by atoms with van der Waals surface area (Å²) < 4.78 is 22.5. The molecule has 1 fully saturated rings. The van der Waals surface area contributed by atoms with Gasteiger partial charge in [-0.2, -0.15) is 0 Å².